The number of β-amino-alcohol motifs (C(OH)–C–C–N with tert-alkyl or cyclic N) is 1. The molecule has 0 saturated carbocycles. The Morgan fingerprint density at radius 2 is 1.41 bits per heavy atom. The normalized spacial score (nSPS) is 22.3. The summed E-state index contributed by atoms with van der Waals surface area (Å²) in [5, 5.41) is 23.1. The summed E-state index contributed by atoms with van der Waals surface area (Å²) in [5.74, 6) is -0.0551. The molecular formula is C44H62N2O5. The molecule has 5 atom stereocenters. The van der Waals surface area contributed by atoms with Crippen molar-refractivity contribution in [1.82, 2.24) is 4.90 Å². The molecule has 278 valence electrons. The van der Waals surface area contributed by atoms with E-state index in [1.54, 1.807) is 0 Å². The van der Waals surface area contributed by atoms with Crippen molar-refractivity contribution in [2.45, 2.75) is 140 Å². The standard InChI is InChI=1S/C44H62N2O5/c1-2-3-4-5-6-7-8-9-10-11-12-13-17-23-41(49)45-38-22-18-21-37(30-38)44-50-40(32-46-29-28-39(48)31-46)42(35-19-15-14-16-20-35)43(51-44)36-26-24-34(33-47)25-27-36/h14-16,18-22,24-27,30,39-40,42-44,47-48H,2-13,17,23,28-29,31-33H2,1H3,(H,45,49). The largest absolute Gasteiger partial charge is 0.392 e. The summed E-state index contributed by atoms with van der Waals surface area (Å²) in [6.07, 6.45) is 16.5. The highest BCUT2D eigenvalue weighted by molar-refractivity contribution is 5.90. The molecule has 0 aromatic heterocycles. The average Bonchev–Trinajstić information content (AvgIpc) is 3.57. The number of amides is 1. The molecule has 1 amide bonds. The summed E-state index contributed by atoms with van der Waals surface area (Å²) in [6, 6.07) is 26.2. The van der Waals surface area contributed by atoms with Crippen molar-refractivity contribution in [1.29, 1.82) is 0 Å². The van der Waals surface area contributed by atoms with Crippen LogP contribution in [-0.4, -0.2) is 52.9 Å². The van der Waals surface area contributed by atoms with Gasteiger partial charge in [0.2, 0.25) is 5.91 Å². The molecular weight excluding hydrogens is 636 g/mol. The molecule has 0 bridgehead atoms. The highest BCUT2D eigenvalue weighted by Gasteiger charge is 2.43. The van der Waals surface area contributed by atoms with Gasteiger partial charge in [-0.05, 0) is 41.7 Å². The Morgan fingerprint density at radius 1 is 0.765 bits per heavy atom. The Kier molecular flexibility index (Phi) is 16.5. The summed E-state index contributed by atoms with van der Waals surface area (Å²) in [7, 11) is 0. The summed E-state index contributed by atoms with van der Waals surface area (Å²) in [5.41, 5.74) is 4.59. The van der Waals surface area contributed by atoms with Gasteiger partial charge in [-0.1, -0.05) is 151 Å². The van der Waals surface area contributed by atoms with E-state index in [1.807, 2.05) is 66.7 Å². The van der Waals surface area contributed by atoms with E-state index >= 15 is 0 Å². The van der Waals surface area contributed by atoms with Crippen LogP contribution in [-0.2, 0) is 20.9 Å². The quantitative estimate of drug-likeness (QED) is 0.0961. The van der Waals surface area contributed by atoms with Gasteiger partial charge in [-0.2, -0.15) is 0 Å². The fraction of sp³-hybridized carbons (Fsp3) is 0.568. The van der Waals surface area contributed by atoms with E-state index in [4.69, 9.17) is 9.47 Å². The number of aliphatic hydroxyl groups is 2. The topological polar surface area (TPSA) is 91.3 Å². The number of likely N-dealkylation sites (tertiary alicyclic amines) is 1. The maximum atomic E-state index is 12.9. The highest BCUT2D eigenvalue weighted by Crippen LogP contribution is 2.47. The third kappa shape index (κ3) is 12.5. The van der Waals surface area contributed by atoms with Crippen molar-refractivity contribution in [2.24, 2.45) is 0 Å². The van der Waals surface area contributed by atoms with Gasteiger partial charge in [0.25, 0.3) is 0 Å². The van der Waals surface area contributed by atoms with Crippen LogP contribution in [0.3, 0.4) is 0 Å². The lowest BCUT2D eigenvalue weighted by atomic mass is 9.83. The van der Waals surface area contributed by atoms with Crippen molar-refractivity contribution in [3.8, 4) is 0 Å². The molecule has 2 fully saturated rings. The minimum absolute atomic E-state index is 0.0164. The first-order valence-corrected chi connectivity index (χ1v) is 19.9. The van der Waals surface area contributed by atoms with Gasteiger partial charge in [0.15, 0.2) is 6.29 Å². The summed E-state index contributed by atoms with van der Waals surface area (Å²) < 4.78 is 13.7. The molecule has 3 N–H and O–H groups in total. The average molecular weight is 699 g/mol. The zero-order valence-electron chi connectivity index (χ0n) is 30.9. The minimum atomic E-state index is -0.650. The number of hydrogen-bond acceptors (Lipinski definition) is 6. The summed E-state index contributed by atoms with van der Waals surface area (Å²) >= 11 is 0. The van der Waals surface area contributed by atoms with E-state index in [9.17, 15) is 15.0 Å². The third-order valence-electron chi connectivity index (χ3n) is 10.6. The van der Waals surface area contributed by atoms with Crippen molar-refractivity contribution in [3.05, 3.63) is 101 Å². The summed E-state index contributed by atoms with van der Waals surface area (Å²) in [6.45, 7) is 4.37. The first-order valence-electron chi connectivity index (χ1n) is 19.9. The Morgan fingerprint density at radius 3 is 2.04 bits per heavy atom. The molecule has 5 rings (SSSR count). The maximum absolute atomic E-state index is 12.9. The molecule has 3 aromatic carbocycles. The van der Waals surface area contributed by atoms with Crippen LogP contribution in [0.25, 0.3) is 0 Å². The van der Waals surface area contributed by atoms with Gasteiger partial charge in [-0.3, -0.25) is 9.69 Å². The Balaban J connectivity index is 1.18. The summed E-state index contributed by atoms with van der Waals surface area (Å²) in [4.78, 5) is 15.2. The lowest BCUT2D eigenvalue weighted by molar-refractivity contribution is -0.263. The molecule has 0 radical (unpaired) electrons. The first kappa shape index (κ1) is 39.1. The van der Waals surface area contributed by atoms with Crippen LogP contribution in [0.4, 0.5) is 5.69 Å². The number of ether oxygens (including phenoxy) is 2. The van der Waals surface area contributed by atoms with Crippen molar-refractivity contribution in [2.75, 3.05) is 25.0 Å². The second-order valence-corrected chi connectivity index (χ2v) is 14.8. The van der Waals surface area contributed by atoms with Gasteiger partial charge >= 0.3 is 0 Å². The first-order chi connectivity index (χ1) is 25.0. The van der Waals surface area contributed by atoms with E-state index in [2.05, 4.69) is 29.3 Å². The van der Waals surface area contributed by atoms with Crippen LogP contribution in [0, 0.1) is 0 Å². The van der Waals surface area contributed by atoms with Gasteiger partial charge in [0.05, 0.1) is 24.9 Å². The Bertz CT molecular complexity index is 1420. The smallest absolute Gasteiger partial charge is 0.224 e. The zero-order chi connectivity index (χ0) is 35.7. The molecule has 2 aliphatic heterocycles. The number of carbonyl (C=O) groups is 1. The Labute approximate surface area is 306 Å². The SMILES string of the molecule is CCCCCCCCCCCCCCCC(=O)Nc1cccc(C2OC(CN3CCC(O)C3)C(c3ccccc3)C(c3ccc(CO)cc3)O2)c1. The number of hydrogen-bond donors (Lipinski definition) is 3. The molecule has 0 spiro atoms. The molecule has 7 heteroatoms. The van der Waals surface area contributed by atoms with Gasteiger partial charge in [0, 0.05) is 43.2 Å². The molecule has 5 unspecified atom stereocenters. The van der Waals surface area contributed by atoms with Crippen LogP contribution in [0.5, 0.6) is 0 Å². The van der Waals surface area contributed by atoms with E-state index < -0.39 is 6.29 Å². The number of nitrogens with one attached hydrogen (secondary N) is 1. The van der Waals surface area contributed by atoms with Crippen molar-refractivity contribution >= 4 is 11.6 Å². The predicted octanol–water partition coefficient (Wildman–Crippen LogP) is 9.60. The van der Waals surface area contributed by atoms with Crippen LogP contribution in [0.1, 0.15) is 144 Å². The number of benzene rings is 3. The molecule has 2 aliphatic rings. The minimum Gasteiger partial charge on any atom is -0.392 e. The number of anilines is 1. The van der Waals surface area contributed by atoms with Crippen LogP contribution < -0.4 is 5.32 Å². The number of aliphatic hydroxyl groups excluding tert-OH is 2. The predicted molar refractivity (Wildman–Crippen MR) is 205 cm³/mol. The lowest BCUT2D eigenvalue weighted by Gasteiger charge is -2.44. The molecule has 3 aromatic rings. The van der Waals surface area contributed by atoms with Crippen LogP contribution >= 0.6 is 0 Å². The monoisotopic (exact) mass is 698 g/mol. The molecule has 0 aliphatic carbocycles. The number of rotatable bonds is 21. The molecule has 2 heterocycles. The van der Waals surface area contributed by atoms with E-state index in [0.29, 0.717) is 19.5 Å². The van der Waals surface area contributed by atoms with E-state index in [1.165, 1.54) is 70.6 Å². The van der Waals surface area contributed by atoms with Gasteiger partial charge in [-0.15, -0.1) is 0 Å². The number of carbonyl (C=O) groups excluding carboxylic acids is 1. The molecule has 7 nitrogen and oxygen atoms in total. The van der Waals surface area contributed by atoms with Crippen molar-refractivity contribution in [3.63, 3.8) is 0 Å². The van der Waals surface area contributed by atoms with Gasteiger partial charge < -0.3 is 25.0 Å². The number of unbranched alkanes of at least 4 members (excludes halogenated alkanes) is 12. The fourth-order valence-electron chi connectivity index (χ4n) is 7.69. The molecule has 2 saturated heterocycles. The maximum Gasteiger partial charge on any atom is 0.224 e. The van der Waals surface area contributed by atoms with Crippen LogP contribution in [0.15, 0.2) is 78.9 Å². The Hall–Kier alpha value is -3.07. The second kappa shape index (κ2) is 21.5. The zero-order valence-corrected chi connectivity index (χ0v) is 30.9. The van der Waals surface area contributed by atoms with Gasteiger partial charge in [0.1, 0.15) is 0 Å². The second-order valence-electron chi connectivity index (χ2n) is 14.8. The van der Waals surface area contributed by atoms with E-state index in [-0.39, 0.29) is 36.7 Å². The molecule has 51 heavy (non-hydrogen) atoms. The van der Waals surface area contributed by atoms with Crippen LogP contribution in [0.2, 0.25) is 0 Å². The van der Waals surface area contributed by atoms with Gasteiger partial charge in [-0.25, -0.2) is 0 Å². The third-order valence-corrected chi connectivity index (χ3v) is 10.6. The number of nitrogens with zero attached hydrogens (tertiary/aromatic N) is 1. The lowest BCUT2D eigenvalue weighted by Crippen LogP contribution is -2.44. The van der Waals surface area contributed by atoms with Crippen molar-refractivity contribution < 1.29 is 24.5 Å². The fourth-order valence-corrected chi connectivity index (χ4v) is 7.69. The van der Waals surface area contributed by atoms with E-state index in [0.717, 1.165) is 53.7 Å². The highest BCUT2D eigenvalue weighted by atomic mass is 16.7.